The van der Waals surface area contributed by atoms with Crippen LogP contribution in [0, 0.1) is 25.2 Å². The average molecular weight is 245 g/mol. The number of nitriles is 1. The molecule has 1 heterocycles. The van der Waals surface area contributed by atoms with Gasteiger partial charge in [0.15, 0.2) is 0 Å². The molecule has 0 fully saturated rings. The molecule has 1 aromatic heterocycles. The molecule has 0 unspecified atom stereocenters. The SMILES string of the molecule is Cc1cc(CC#N)c(C)n1-c1ccc(Cl)cc1. The maximum absolute atomic E-state index is 8.77. The lowest BCUT2D eigenvalue weighted by Crippen LogP contribution is -1.99. The van der Waals surface area contributed by atoms with Crippen molar-refractivity contribution in [3.8, 4) is 11.8 Å². The number of rotatable bonds is 2. The van der Waals surface area contributed by atoms with Crippen LogP contribution in [0.2, 0.25) is 5.02 Å². The van der Waals surface area contributed by atoms with Gasteiger partial charge in [0.2, 0.25) is 0 Å². The summed E-state index contributed by atoms with van der Waals surface area (Å²) < 4.78 is 2.14. The van der Waals surface area contributed by atoms with Gasteiger partial charge in [-0.25, -0.2) is 0 Å². The van der Waals surface area contributed by atoms with E-state index in [2.05, 4.69) is 16.7 Å². The predicted molar refractivity (Wildman–Crippen MR) is 69.6 cm³/mol. The molecule has 1 aromatic carbocycles. The summed E-state index contributed by atoms with van der Waals surface area (Å²) in [5.74, 6) is 0. The minimum absolute atomic E-state index is 0.452. The number of benzene rings is 1. The summed E-state index contributed by atoms with van der Waals surface area (Å²) in [6, 6.07) is 12.0. The van der Waals surface area contributed by atoms with Crippen molar-refractivity contribution in [3.63, 3.8) is 0 Å². The highest BCUT2D eigenvalue weighted by Gasteiger charge is 2.09. The van der Waals surface area contributed by atoms with E-state index in [4.69, 9.17) is 16.9 Å². The molecule has 0 N–H and O–H groups in total. The van der Waals surface area contributed by atoms with E-state index in [1.54, 1.807) is 0 Å². The van der Waals surface area contributed by atoms with Gasteiger partial charge in [-0.15, -0.1) is 0 Å². The summed E-state index contributed by atoms with van der Waals surface area (Å²) in [5.41, 5.74) is 4.41. The van der Waals surface area contributed by atoms with Crippen molar-refractivity contribution in [3.05, 3.63) is 52.3 Å². The first-order valence-corrected chi connectivity index (χ1v) is 5.82. The van der Waals surface area contributed by atoms with Gasteiger partial charge in [-0.1, -0.05) is 11.6 Å². The van der Waals surface area contributed by atoms with E-state index in [1.165, 1.54) is 0 Å². The van der Waals surface area contributed by atoms with E-state index in [1.807, 2.05) is 38.1 Å². The number of halogens is 1. The quantitative estimate of drug-likeness (QED) is 0.790. The standard InChI is InChI=1S/C14H13ClN2/c1-10-9-12(7-8-16)11(2)17(10)14-5-3-13(15)4-6-14/h3-6,9H,7H2,1-2H3. The van der Waals surface area contributed by atoms with Crippen LogP contribution in [0.1, 0.15) is 17.0 Å². The molecule has 0 spiro atoms. The Labute approximate surface area is 106 Å². The largest absolute Gasteiger partial charge is 0.318 e. The third-order valence-electron chi connectivity index (χ3n) is 2.89. The Balaban J connectivity index is 2.52. The first-order chi connectivity index (χ1) is 8.13. The first-order valence-electron chi connectivity index (χ1n) is 5.44. The van der Waals surface area contributed by atoms with Gasteiger partial charge in [-0.05, 0) is 49.7 Å². The van der Waals surface area contributed by atoms with Crippen molar-refractivity contribution in [2.75, 3.05) is 0 Å². The van der Waals surface area contributed by atoms with Crippen LogP contribution in [0.15, 0.2) is 30.3 Å². The summed E-state index contributed by atoms with van der Waals surface area (Å²) >= 11 is 5.88. The molecule has 2 nitrogen and oxygen atoms in total. The molecule has 0 aliphatic heterocycles. The summed E-state index contributed by atoms with van der Waals surface area (Å²) in [7, 11) is 0. The van der Waals surface area contributed by atoms with Crippen LogP contribution >= 0.6 is 11.6 Å². The maximum atomic E-state index is 8.77. The van der Waals surface area contributed by atoms with E-state index in [0.29, 0.717) is 6.42 Å². The van der Waals surface area contributed by atoms with Crippen molar-refractivity contribution >= 4 is 11.6 Å². The number of hydrogen-bond donors (Lipinski definition) is 0. The normalized spacial score (nSPS) is 10.2. The monoisotopic (exact) mass is 244 g/mol. The fourth-order valence-electron chi connectivity index (χ4n) is 2.08. The second kappa shape index (κ2) is 4.65. The molecule has 0 saturated heterocycles. The van der Waals surface area contributed by atoms with E-state index in [9.17, 15) is 0 Å². The van der Waals surface area contributed by atoms with E-state index in [0.717, 1.165) is 27.7 Å². The Morgan fingerprint density at radius 3 is 2.47 bits per heavy atom. The summed E-state index contributed by atoms with van der Waals surface area (Å²) in [6.07, 6.45) is 0.452. The molecule has 0 saturated carbocycles. The van der Waals surface area contributed by atoms with Gasteiger partial charge < -0.3 is 4.57 Å². The highest BCUT2D eigenvalue weighted by atomic mass is 35.5. The number of hydrogen-bond acceptors (Lipinski definition) is 1. The zero-order chi connectivity index (χ0) is 12.4. The number of nitrogens with zero attached hydrogens (tertiary/aromatic N) is 2. The van der Waals surface area contributed by atoms with Crippen molar-refractivity contribution in [1.82, 2.24) is 4.57 Å². The van der Waals surface area contributed by atoms with Gasteiger partial charge >= 0.3 is 0 Å². The second-order valence-electron chi connectivity index (χ2n) is 4.04. The second-order valence-corrected chi connectivity index (χ2v) is 4.48. The molecule has 0 bridgehead atoms. The maximum Gasteiger partial charge on any atom is 0.0670 e. The Morgan fingerprint density at radius 2 is 1.88 bits per heavy atom. The summed E-state index contributed by atoms with van der Waals surface area (Å²) in [4.78, 5) is 0. The van der Waals surface area contributed by atoms with Crippen LogP contribution in [0.4, 0.5) is 0 Å². The minimum Gasteiger partial charge on any atom is -0.318 e. The van der Waals surface area contributed by atoms with Crippen LogP contribution in [-0.4, -0.2) is 4.57 Å². The molecule has 0 aliphatic rings. The molecule has 17 heavy (non-hydrogen) atoms. The smallest absolute Gasteiger partial charge is 0.0670 e. The summed E-state index contributed by atoms with van der Waals surface area (Å²) in [6.45, 7) is 4.08. The van der Waals surface area contributed by atoms with Crippen LogP contribution in [0.3, 0.4) is 0 Å². The van der Waals surface area contributed by atoms with Crippen molar-refractivity contribution < 1.29 is 0 Å². The van der Waals surface area contributed by atoms with Gasteiger partial charge in [0, 0.05) is 22.1 Å². The average Bonchev–Trinajstić information content (AvgIpc) is 2.57. The number of aryl methyl sites for hydroxylation is 1. The molecule has 0 aliphatic carbocycles. The molecular formula is C14H13ClN2. The topological polar surface area (TPSA) is 28.7 Å². The highest BCUT2D eigenvalue weighted by Crippen LogP contribution is 2.22. The lowest BCUT2D eigenvalue weighted by atomic mass is 10.2. The first kappa shape index (κ1) is 11.8. The Morgan fingerprint density at radius 1 is 1.24 bits per heavy atom. The van der Waals surface area contributed by atoms with Crippen molar-refractivity contribution in [2.45, 2.75) is 20.3 Å². The van der Waals surface area contributed by atoms with Gasteiger partial charge in [0.05, 0.1) is 12.5 Å². The Kier molecular flexibility index (Phi) is 3.21. The summed E-state index contributed by atoms with van der Waals surface area (Å²) in [5, 5.41) is 9.50. The molecule has 2 rings (SSSR count). The zero-order valence-corrected chi connectivity index (χ0v) is 10.6. The third-order valence-corrected chi connectivity index (χ3v) is 3.14. The lowest BCUT2D eigenvalue weighted by molar-refractivity contribution is 0.956. The fraction of sp³-hybridized carbons (Fsp3) is 0.214. The van der Waals surface area contributed by atoms with Gasteiger partial charge in [-0.2, -0.15) is 5.26 Å². The molecule has 0 radical (unpaired) electrons. The molecule has 3 heteroatoms. The van der Waals surface area contributed by atoms with E-state index < -0.39 is 0 Å². The van der Waals surface area contributed by atoms with Crippen LogP contribution in [-0.2, 0) is 6.42 Å². The van der Waals surface area contributed by atoms with Crippen LogP contribution in [0.5, 0.6) is 0 Å². The van der Waals surface area contributed by atoms with E-state index >= 15 is 0 Å². The number of aromatic nitrogens is 1. The lowest BCUT2D eigenvalue weighted by Gasteiger charge is -2.09. The molecule has 86 valence electrons. The van der Waals surface area contributed by atoms with Gasteiger partial charge in [0.1, 0.15) is 0 Å². The zero-order valence-electron chi connectivity index (χ0n) is 9.87. The van der Waals surface area contributed by atoms with E-state index in [-0.39, 0.29) is 0 Å². The Hall–Kier alpha value is -1.72. The van der Waals surface area contributed by atoms with Crippen molar-refractivity contribution in [2.24, 2.45) is 0 Å². The van der Waals surface area contributed by atoms with Gasteiger partial charge in [-0.3, -0.25) is 0 Å². The Bertz CT molecular complexity index is 574. The van der Waals surface area contributed by atoms with Crippen molar-refractivity contribution in [1.29, 1.82) is 5.26 Å². The third kappa shape index (κ3) is 2.20. The molecular weight excluding hydrogens is 232 g/mol. The predicted octanol–water partition coefficient (Wildman–Crippen LogP) is 3.81. The fourth-order valence-corrected chi connectivity index (χ4v) is 2.21. The minimum atomic E-state index is 0.452. The van der Waals surface area contributed by atoms with Crippen LogP contribution in [0.25, 0.3) is 5.69 Å². The molecule has 0 atom stereocenters. The molecule has 2 aromatic rings. The van der Waals surface area contributed by atoms with Crippen LogP contribution < -0.4 is 0 Å². The molecule has 0 amide bonds. The van der Waals surface area contributed by atoms with Gasteiger partial charge in [0.25, 0.3) is 0 Å². The highest BCUT2D eigenvalue weighted by molar-refractivity contribution is 6.30.